The SMILES string of the molecule is CCc1nc(C(N)=O)c(Nc2cccc(C)c2)nc1NCC1(N(C)C)CCCCC1. The molecule has 0 radical (unpaired) electrons. The second-order valence-corrected chi connectivity index (χ2v) is 8.46. The Morgan fingerprint density at radius 1 is 1.17 bits per heavy atom. The van der Waals surface area contributed by atoms with Crippen LogP contribution >= 0.6 is 0 Å². The molecule has 7 nitrogen and oxygen atoms in total. The van der Waals surface area contributed by atoms with Gasteiger partial charge in [-0.1, -0.05) is 38.3 Å². The quantitative estimate of drug-likeness (QED) is 0.611. The molecule has 1 heterocycles. The summed E-state index contributed by atoms with van der Waals surface area (Å²) in [7, 11) is 4.31. The highest BCUT2D eigenvalue weighted by molar-refractivity contribution is 5.96. The van der Waals surface area contributed by atoms with Gasteiger partial charge in [-0.05, 0) is 58.0 Å². The summed E-state index contributed by atoms with van der Waals surface area (Å²) < 4.78 is 0. The van der Waals surface area contributed by atoms with Gasteiger partial charge in [0.25, 0.3) is 5.91 Å². The summed E-state index contributed by atoms with van der Waals surface area (Å²) in [5.74, 6) is 0.510. The van der Waals surface area contributed by atoms with Gasteiger partial charge in [-0.2, -0.15) is 0 Å². The van der Waals surface area contributed by atoms with Crippen LogP contribution in [-0.4, -0.2) is 47.0 Å². The standard InChI is InChI=1S/C23H34N6O/c1-5-18-21(25-15-23(29(3)4)12-7-6-8-13-23)28-22(19(27-18)20(24)30)26-17-11-9-10-16(2)14-17/h9-11,14H,5-8,12-13,15H2,1-4H3,(H2,24,30)(H2,25,26,28). The number of hydrogen-bond donors (Lipinski definition) is 3. The first-order valence-corrected chi connectivity index (χ1v) is 10.8. The van der Waals surface area contributed by atoms with Gasteiger partial charge in [-0.3, -0.25) is 4.79 Å². The zero-order chi connectivity index (χ0) is 21.7. The normalized spacial score (nSPS) is 15.8. The Morgan fingerprint density at radius 3 is 2.50 bits per heavy atom. The van der Waals surface area contributed by atoms with Gasteiger partial charge in [0.2, 0.25) is 0 Å². The highest BCUT2D eigenvalue weighted by Crippen LogP contribution is 2.33. The predicted octanol–water partition coefficient (Wildman–Crippen LogP) is 3.87. The van der Waals surface area contributed by atoms with Gasteiger partial charge in [0, 0.05) is 17.8 Å². The van der Waals surface area contributed by atoms with E-state index in [0.29, 0.717) is 18.1 Å². The molecule has 4 N–H and O–H groups in total. The number of rotatable bonds is 8. The van der Waals surface area contributed by atoms with Crippen LogP contribution < -0.4 is 16.4 Å². The molecule has 162 valence electrons. The molecule has 0 aliphatic heterocycles. The molecule has 1 aromatic heterocycles. The van der Waals surface area contributed by atoms with Crippen LogP contribution in [0.3, 0.4) is 0 Å². The molecular formula is C23H34N6O. The van der Waals surface area contributed by atoms with E-state index in [0.717, 1.165) is 36.3 Å². The lowest BCUT2D eigenvalue weighted by atomic mass is 9.80. The van der Waals surface area contributed by atoms with Gasteiger partial charge >= 0.3 is 0 Å². The summed E-state index contributed by atoms with van der Waals surface area (Å²) in [6, 6.07) is 7.90. The van der Waals surface area contributed by atoms with E-state index in [-0.39, 0.29) is 11.2 Å². The number of benzene rings is 1. The van der Waals surface area contributed by atoms with Crippen molar-refractivity contribution in [2.75, 3.05) is 31.3 Å². The molecule has 1 aliphatic carbocycles. The van der Waals surface area contributed by atoms with Crippen molar-refractivity contribution >= 4 is 23.2 Å². The molecule has 1 saturated carbocycles. The summed E-state index contributed by atoms with van der Waals surface area (Å²) in [5.41, 5.74) is 8.60. The monoisotopic (exact) mass is 410 g/mol. The average molecular weight is 411 g/mol. The number of aromatic nitrogens is 2. The number of amides is 1. The van der Waals surface area contributed by atoms with E-state index in [4.69, 9.17) is 10.7 Å². The van der Waals surface area contributed by atoms with E-state index in [2.05, 4.69) is 34.6 Å². The fourth-order valence-electron chi connectivity index (χ4n) is 4.22. The molecule has 0 unspecified atom stereocenters. The van der Waals surface area contributed by atoms with E-state index in [1.54, 1.807) is 0 Å². The first-order valence-electron chi connectivity index (χ1n) is 10.8. The highest BCUT2D eigenvalue weighted by atomic mass is 16.1. The van der Waals surface area contributed by atoms with E-state index in [1.165, 1.54) is 19.3 Å². The topological polar surface area (TPSA) is 96.2 Å². The number of nitrogens with zero attached hydrogens (tertiary/aromatic N) is 3. The molecule has 1 fully saturated rings. The maximum atomic E-state index is 12.1. The number of primary amides is 1. The number of anilines is 3. The van der Waals surface area contributed by atoms with Crippen LogP contribution in [0.2, 0.25) is 0 Å². The molecule has 1 aromatic carbocycles. The minimum absolute atomic E-state index is 0.109. The Balaban J connectivity index is 1.92. The molecular weight excluding hydrogens is 376 g/mol. The minimum atomic E-state index is -0.587. The third-order valence-corrected chi connectivity index (χ3v) is 6.13. The van der Waals surface area contributed by atoms with Crippen molar-refractivity contribution < 1.29 is 4.79 Å². The largest absolute Gasteiger partial charge is 0.367 e. The Kier molecular flexibility index (Phi) is 6.92. The van der Waals surface area contributed by atoms with Crippen LogP contribution in [0.4, 0.5) is 17.3 Å². The smallest absolute Gasteiger partial charge is 0.271 e. The molecule has 30 heavy (non-hydrogen) atoms. The molecule has 2 aromatic rings. The lowest BCUT2D eigenvalue weighted by Gasteiger charge is -2.43. The Hall–Kier alpha value is -2.67. The summed E-state index contributed by atoms with van der Waals surface area (Å²) in [4.78, 5) is 23.7. The predicted molar refractivity (Wildman–Crippen MR) is 122 cm³/mol. The lowest BCUT2D eigenvalue weighted by Crippen LogP contribution is -2.51. The molecule has 1 amide bonds. The molecule has 1 aliphatic rings. The van der Waals surface area contributed by atoms with Gasteiger partial charge in [-0.15, -0.1) is 0 Å². The van der Waals surface area contributed by atoms with Crippen LogP contribution in [0.1, 0.15) is 60.8 Å². The number of aryl methyl sites for hydroxylation is 2. The zero-order valence-corrected chi connectivity index (χ0v) is 18.6. The van der Waals surface area contributed by atoms with Gasteiger partial charge < -0.3 is 21.3 Å². The number of nitrogens with one attached hydrogen (secondary N) is 2. The minimum Gasteiger partial charge on any atom is -0.367 e. The van der Waals surface area contributed by atoms with Crippen LogP contribution in [0, 0.1) is 6.92 Å². The summed E-state index contributed by atoms with van der Waals surface area (Å²) in [5, 5.41) is 6.78. The van der Waals surface area contributed by atoms with Crippen molar-refractivity contribution in [1.29, 1.82) is 0 Å². The second-order valence-electron chi connectivity index (χ2n) is 8.46. The molecule has 0 saturated heterocycles. The number of hydrogen-bond acceptors (Lipinski definition) is 6. The van der Waals surface area contributed by atoms with Gasteiger partial charge in [0.05, 0.1) is 5.69 Å². The van der Waals surface area contributed by atoms with Crippen molar-refractivity contribution in [3.05, 3.63) is 41.2 Å². The average Bonchev–Trinajstić information content (AvgIpc) is 2.72. The number of nitrogens with two attached hydrogens (primary N) is 1. The fraction of sp³-hybridized carbons (Fsp3) is 0.522. The summed E-state index contributed by atoms with van der Waals surface area (Å²) in [6.07, 6.45) is 6.77. The van der Waals surface area contributed by atoms with Crippen molar-refractivity contribution in [2.45, 2.75) is 57.9 Å². The molecule has 0 spiro atoms. The van der Waals surface area contributed by atoms with Gasteiger partial charge in [0.1, 0.15) is 5.82 Å². The molecule has 0 bridgehead atoms. The third kappa shape index (κ3) is 4.90. The summed E-state index contributed by atoms with van der Waals surface area (Å²) >= 11 is 0. The second kappa shape index (κ2) is 9.43. The van der Waals surface area contributed by atoms with E-state index in [9.17, 15) is 4.79 Å². The zero-order valence-electron chi connectivity index (χ0n) is 18.6. The number of carbonyl (C=O) groups excluding carboxylic acids is 1. The Bertz CT molecular complexity index is 889. The molecule has 3 rings (SSSR count). The van der Waals surface area contributed by atoms with Crippen LogP contribution in [0.25, 0.3) is 0 Å². The van der Waals surface area contributed by atoms with Gasteiger partial charge in [-0.25, -0.2) is 9.97 Å². The van der Waals surface area contributed by atoms with Crippen LogP contribution in [0.5, 0.6) is 0 Å². The molecule has 0 atom stereocenters. The first kappa shape index (κ1) is 22.0. The lowest BCUT2D eigenvalue weighted by molar-refractivity contribution is 0.0996. The van der Waals surface area contributed by atoms with Crippen molar-refractivity contribution in [1.82, 2.24) is 14.9 Å². The van der Waals surface area contributed by atoms with Crippen molar-refractivity contribution in [2.24, 2.45) is 5.73 Å². The van der Waals surface area contributed by atoms with Crippen molar-refractivity contribution in [3.63, 3.8) is 0 Å². The van der Waals surface area contributed by atoms with Crippen LogP contribution in [0.15, 0.2) is 24.3 Å². The van der Waals surface area contributed by atoms with E-state index < -0.39 is 5.91 Å². The van der Waals surface area contributed by atoms with Gasteiger partial charge in [0.15, 0.2) is 11.5 Å². The highest BCUT2D eigenvalue weighted by Gasteiger charge is 2.34. The maximum absolute atomic E-state index is 12.1. The maximum Gasteiger partial charge on any atom is 0.271 e. The molecule has 7 heteroatoms. The summed E-state index contributed by atoms with van der Waals surface area (Å²) in [6.45, 7) is 4.82. The number of carbonyl (C=O) groups is 1. The van der Waals surface area contributed by atoms with E-state index in [1.807, 2.05) is 38.1 Å². The number of likely N-dealkylation sites (N-methyl/N-ethyl adjacent to an activating group) is 1. The first-order chi connectivity index (χ1) is 14.3. The van der Waals surface area contributed by atoms with Crippen LogP contribution in [-0.2, 0) is 6.42 Å². The third-order valence-electron chi connectivity index (χ3n) is 6.13. The van der Waals surface area contributed by atoms with E-state index >= 15 is 0 Å². The Morgan fingerprint density at radius 2 is 1.90 bits per heavy atom. The Labute approximate surface area is 179 Å². The fourth-order valence-corrected chi connectivity index (χ4v) is 4.22. The van der Waals surface area contributed by atoms with Crippen molar-refractivity contribution in [3.8, 4) is 0 Å².